The van der Waals surface area contributed by atoms with Crippen LogP contribution in [0.4, 0.5) is 5.13 Å². The van der Waals surface area contributed by atoms with E-state index < -0.39 is 0 Å². The van der Waals surface area contributed by atoms with Crippen LogP contribution in [0.3, 0.4) is 0 Å². The molecule has 0 aliphatic carbocycles. The molecule has 2 aromatic heterocycles. The number of rotatable bonds is 5. The third kappa shape index (κ3) is 3.95. The summed E-state index contributed by atoms with van der Waals surface area (Å²) in [6, 6.07) is 14.7. The number of hydrogen-bond donors (Lipinski definition) is 1. The Bertz CT molecular complexity index is 1220. The number of halogens is 1. The quantitative estimate of drug-likeness (QED) is 0.543. The topological polar surface area (TPSA) is 76.9 Å². The van der Waals surface area contributed by atoms with Gasteiger partial charge in [-0.05, 0) is 23.8 Å². The highest BCUT2D eigenvalue weighted by atomic mass is 35.5. The zero-order valence-electron chi connectivity index (χ0n) is 14.6. The Kier molecular flexibility index (Phi) is 5.18. The molecule has 2 heterocycles. The smallest absolute Gasteiger partial charge is 0.261 e. The number of anilines is 1. The van der Waals surface area contributed by atoms with E-state index in [1.807, 2.05) is 30.3 Å². The van der Waals surface area contributed by atoms with Crippen molar-refractivity contribution >= 4 is 44.9 Å². The molecule has 2 aromatic carbocycles. The fourth-order valence-electron chi connectivity index (χ4n) is 2.81. The molecule has 0 saturated carbocycles. The summed E-state index contributed by atoms with van der Waals surface area (Å²) in [6.07, 6.45) is 3.74. The van der Waals surface area contributed by atoms with Crippen LogP contribution in [0.2, 0.25) is 5.02 Å². The van der Waals surface area contributed by atoms with E-state index in [0.29, 0.717) is 27.5 Å². The van der Waals surface area contributed by atoms with Gasteiger partial charge in [-0.25, -0.2) is 9.97 Å². The van der Waals surface area contributed by atoms with Crippen molar-refractivity contribution in [3.05, 3.63) is 86.9 Å². The molecule has 0 saturated heterocycles. The monoisotopic (exact) mass is 410 g/mol. The minimum atomic E-state index is -0.335. The second-order valence-electron chi connectivity index (χ2n) is 6.14. The molecule has 0 spiro atoms. The highest BCUT2D eigenvalue weighted by Gasteiger charge is 2.11. The van der Waals surface area contributed by atoms with Gasteiger partial charge in [-0.15, -0.1) is 11.3 Å². The van der Waals surface area contributed by atoms with Gasteiger partial charge in [0.05, 0.1) is 17.2 Å². The summed E-state index contributed by atoms with van der Waals surface area (Å²) in [5.41, 5.74) is 1.35. The number of aromatic nitrogens is 3. The number of amides is 1. The molecule has 1 N–H and O–H groups in total. The minimum absolute atomic E-state index is 0.129. The van der Waals surface area contributed by atoms with Crippen LogP contribution >= 0.6 is 22.9 Å². The number of nitrogens with one attached hydrogen (secondary N) is 1. The third-order valence-electron chi connectivity index (χ3n) is 4.17. The van der Waals surface area contributed by atoms with Crippen molar-refractivity contribution in [1.29, 1.82) is 0 Å². The first kappa shape index (κ1) is 18.3. The molecule has 8 heteroatoms. The van der Waals surface area contributed by atoms with Gasteiger partial charge in [-0.1, -0.05) is 41.9 Å². The predicted octanol–water partition coefficient (Wildman–Crippen LogP) is 3.74. The lowest BCUT2D eigenvalue weighted by Gasteiger charge is -2.06. The van der Waals surface area contributed by atoms with Crippen LogP contribution in [0.25, 0.3) is 10.9 Å². The summed E-state index contributed by atoms with van der Waals surface area (Å²) in [6.45, 7) is -0.129. The number of fused-ring (bicyclic) bond motifs is 1. The predicted molar refractivity (Wildman–Crippen MR) is 111 cm³/mol. The maximum absolute atomic E-state index is 12.5. The number of carbonyl (C=O) groups excluding carboxylic acids is 1. The van der Waals surface area contributed by atoms with Crippen LogP contribution in [0.1, 0.15) is 10.4 Å². The lowest BCUT2D eigenvalue weighted by atomic mass is 10.1. The van der Waals surface area contributed by atoms with Gasteiger partial charge in [0, 0.05) is 22.5 Å². The summed E-state index contributed by atoms with van der Waals surface area (Å²) in [7, 11) is 0. The van der Waals surface area contributed by atoms with Crippen molar-refractivity contribution in [3.8, 4) is 0 Å². The Balaban J connectivity index is 1.45. The van der Waals surface area contributed by atoms with E-state index in [1.165, 1.54) is 22.2 Å². The molecular formula is C20H15ClN4O2S. The molecule has 0 bridgehead atoms. The number of para-hydroxylation sites is 1. The molecule has 0 aliphatic heterocycles. The second-order valence-corrected chi connectivity index (χ2v) is 7.67. The van der Waals surface area contributed by atoms with Crippen LogP contribution < -0.4 is 10.9 Å². The third-order valence-corrected chi connectivity index (χ3v) is 5.45. The first-order valence-corrected chi connectivity index (χ1v) is 9.72. The van der Waals surface area contributed by atoms with Crippen molar-refractivity contribution in [2.75, 3.05) is 5.32 Å². The zero-order valence-corrected chi connectivity index (χ0v) is 16.2. The lowest BCUT2D eigenvalue weighted by molar-refractivity contribution is -0.116. The van der Waals surface area contributed by atoms with Crippen molar-refractivity contribution < 1.29 is 4.79 Å². The molecule has 140 valence electrons. The first-order valence-electron chi connectivity index (χ1n) is 8.52. The highest BCUT2D eigenvalue weighted by molar-refractivity contribution is 7.15. The van der Waals surface area contributed by atoms with Gasteiger partial charge in [0.25, 0.3) is 5.56 Å². The summed E-state index contributed by atoms with van der Waals surface area (Å²) in [5, 5.41) is 4.39. The fraction of sp³-hybridized carbons (Fsp3) is 0.100. The molecule has 0 radical (unpaired) electrons. The highest BCUT2D eigenvalue weighted by Crippen LogP contribution is 2.24. The summed E-state index contributed by atoms with van der Waals surface area (Å²) >= 11 is 7.57. The molecule has 6 nitrogen and oxygen atoms in total. The van der Waals surface area contributed by atoms with Crippen molar-refractivity contribution in [2.45, 2.75) is 13.0 Å². The maximum Gasteiger partial charge on any atom is 0.261 e. The Labute approximate surface area is 169 Å². The van der Waals surface area contributed by atoms with E-state index >= 15 is 0 Å². The van der Waals surface area contributed by atoms with Crippen LogP contribution in [-0.2, 0) is 17.8 Å². The summed E-state index contributed by atoms with van der Waals surface area (Å²) in [5.74, 6) is -0.335. The van der Waals surface area contributed by atoms with Crippen LogP contribution in [-0.4, -0.2) is 20.4 Å². The van der Waals surface area contributed by atoms with Crippen LogP contribution in [0, 0.1) is 0 Å². The van der Waals surface area contributed by atoms with E-state index in [9.17, 15) is 9.59 Å². The Morgan fingerprint density at radius 1 is 1.11 bits per heavy atom. The zero-order chi connectivity index (χ0) is 19.5. The minimum Gasteiger partial charge on any atom is -0.300 e. The van der Waals surface area contributed by atoms with Crippen LogP contribution in [0.15, 0.2) is 65.8 Å². The van der Waals surface area contributed by atoms with E-state index in [2.05, 4.69) is 15.3 Å². The number of benzene rings is 2. The number of carbonyl (C=O) groups is 1. The molecule has 0 unspecified atom stereocenters. The largest absolute Gasteiger partial charge is 0.300 e. The molecule has 1 amide bonds. The molecule has 4 aromatic rings. The second kappa shape index (κ2) is 7.92. The molecule has 0 atom stereocenters. The first-order chi connectivity index (χ1) is 13.6. The van der Waals surface area contributed by atoms with Crippen molar-refractivity contribution in [2.24, 2.45) is 0 Å². The lowest BCUT2D eigenvalue weighted by Crippen LogP contribution is -2.27. The Hall–Kier alpha value is -3.03. The van der Waals surface area contributed by atoms with Gasteiger partial charge >= 0.3 is 0 Å². The fourth-order valence-corrected chi connectivity index (χ4v) is 3.86. The molecule has 28 heavy (non-hydrogen) atoms. The average molecular weight is 411 g/mol. The Morgan fingerprint density at radius 3 is 2.75 bits per heavy atom. The maximum atomic E-state index is 12.5. The Morgan fingerprint density at radius 2 is 1.89 bits per heavy atom. The molecule has 0 fully saturated rings. The van der Waals surface area contributed by atoms with Gasteiger partial charge in [0.15, 0.2) is 5.13 Å². The van der Waals surface area contributed by atoms with Gasteiger partial charge in [0.2, 0.25) is 5.91 Å². The average Bonchev–Trinajstić information content (AvgIpc) is 3.13. The van der Waals surface area contributed by atoms with Gasteiger partial charge in [-0.3, -0.25) is 14.2 Å². The summed E-state index contributed by atoms with van der Waals surface area (Å²) in [4.78, 5) is 34.2. The molecule has 0 aliphatic rings. The molecule has 4 rings (SSSR count). The normalized spacial score (nSPS) is 10.9. The van der Waals surface area contributed by atoms with Gasteiger partial charge in [0.1, 0.15) is 6.54 Å². The summed E-state index contributed by atoms with van der Waals surface area (Å²) < 4.78 is 1.29. The number of hydrogen-bond acceptors (Lipinski definition) is 5. The van der Waals surface area contributed by atoms with E-state index in [4.69, 9.17) is 11.6 Å². The molecular weight excluding hydrogens is 396 g/mol. The van der Waals surface area contributed by atoms with E-state index in [-0.39, 0.29) is 18.0 Å². The van der Waals surface area contributed by atoms with Gasteiger partial charge in [-0.2, -0.15) is 0 Å². The number of nitrogens with zero attached hydrogens (tertiary/aromatic N) is 3. The van der Waals surface area contributed by atoms with Crippen molar-refractivity contribution in [3.63, 3.8) is 0 Å². The van der Waals surface area contributed by atoms with Crippen molar-refractivity contribution in [1.82, 2.24) is 14.5 Å². The van der Waals surface area contributed by atoms with Crippen LogP contribution in [0.5, 0.6) is 0 Å². The standard InChI is InChI=1S/C20H15ClN4O2S/c21-16-7-3-1-5-13(16)9-14-10-22-20(28-14)24-18(26)11-25-12-23-17-8-4-2-6-15(17)19(25)27/h1-8,10,12H,9,11H2,(H,22,24,26). The van der Waals surface area contributed by atoms with Gasteiger partial charge < -0.3 is 5.32 Å². The number of thiazole rings is 1. The van der Waals surface area contributed by atoms with E-state index in [1.54, 1.807) is 24.4 Å². The van der Waals surface area contributed by atoms with E-state index in [0.717, 1.165) is 10.4 Å². The SMILES string of the molecule is O=C(Cn1cnc2ccccc2c1=O)Nc1ncc(Cc2ccccc2Cl)s1.